The van der Waals surface area contributed by atoms with Crippen LogP contribution in [0.5, 0.6) is 5.75 Å². The molecule has 3 N–H and O–H groups in total. The van der Waals surface area contributed by atoms with Gasteiger partial charge in [-0.2, -0.15) is 0 Å². The van der Waals surface area contributed by atoms with Crippen molar-refractivity contribution in [2.24, 2.45) is 5.73 Å². The van der Waals surface area contributed by atoms with Crippen molar-refractivity contribution in [3.8, 4) is 5.75 Å². The second-order valence-electron chi connectivity index (χ2n) is 4.72. The molecular formula is C13H16ClF2N3O. The molecule has 3 rings (SSSR count). The molecule has 1 aromatic carbocycles. The highest BCUT2D eigenvalue weighted by Crippen LogP contribution is 2.31. The lowest BCUT2D eigenvalue weighted by Crippen LogP contribution is -2.44. The molecule has 0 spiro atoms. The summed E-state index contributed by atoms with van der Waals surface area (Å²) in [6.45, 7) is 1.44. The molecule has 0 bridgehead atoms. The van der Waals surface area contributed by atoms with Crippen molar-refractivity contribution in [2.45, 2.75) is 12.5 Å². The summed E-state index contributed by atoms with van der Waals surface area (Å²) in [5.74, 6) is -1.04. The maximum Gasteiger partial charge on any atom is 0.168 e. The van der Waals surface area contributed by atoms with Crippen LogP contribution in [0, 0.1) is 11.6 Å². The van der Waals surface area contributed by atoms with Crippen LogP contribution in [0.4, 0.5) is 8.78 Å². The number of hydrogen-bond donors (Lipinski definition) is 2. The first-order valence-electron chi connectivity index (χ1n) is 6.19. The van der Waals surface area contributed by atoms with Gasteiger partial charge in [-0.05, 0) is 12.5 Å². The van der Waals surface area contributed by atoms with E-state index in [4.69, 9.17) is 10.5 Å². The fraction of sp³-hybridized carbons (Fsp3) is 0.385. The van der Waals surface area contributed by atoms with Gasteiger partial charge in [0.15, 0.2) is 11.6 Å². The number of nitrogens with one attached hydrogen (secondary N) is 1. The highest BCUT2D eigenvalue weighted by atomic mass is 35.5. The molecule has 0 aromatic heterocycles. The minimum Gasteiger partial charge on any atom is -0.488 e. The summed E-state index contributed by atoms with van der Waals surface area (Å²) in [6, 6.07) is 2.22. The van der Waals surface area contributed by atoms with E-state index >= 15 is 0 Å². The van der Waals surface area contributed by atoms with Crippen LogP contribution in [-0.2, 0) is 6.42 Å². The molecule has 2 heterocycles. The average Bonchev–Trinajstić information content (AvgIpc) is 2.86. The van der Waals surface area contributed by atoms with Crippen molar-refractivity contribution < 1.29 is 13.5 Å². The molecule has 0 saturated heterocycles. The van der Waals surface area contributed by atoms with Crippen LogP contribution in [0.2, 0.25) is 0 Å². The summed E-state index contributed by atoms with van der Waals surface area (Å²) in [5, 5.41) is 3.10. The van der Waals surface area contributed by atoms with Crippen molar-refractivity contribution >= 4 is 12.4 Å². The van der Waals surface area contributed by atoms with Crippen LogP contribution in [-0.4, -0.2) is 30.8 Å². The van der Waals surface area contributed by atoms with E-state index in [1.54, 1.807) is 0 Å². The summed E-state index contributed by atoms with van der Waals surface area (Å²) in [6.07, 6.45) is 2.41. The van der Waals surface area contributed by atoms with Crippen LogP contribution in [0.15, 0.2) is 24.0 Å². The molecule has 1 atom stereocenters. The van der Waals surface area contributed by atoms with Crippen molar-refractivity contribution in [2.75, 3.05) is 19.8 Å². The van der Waals surface area contributed by atoms with Gasteiger partial charge in [-0.25, -0.2) is 8.78 Å². The van der Waals surface area contributed by atoms with Crippen molar-refractivity contribution in [3.05, 3.63) is 41.2 Å². The van der Waals surface area contributed by atoms with E-state index in [-0.39, 0.29) is 24.2 Å². The third-order valence-electron chi connectivity index (χ3n) is 3.51. The summed E-state index contributed by atoms with van der Waals surface area (Å²) in [7, 11) is 0. The van der Waals surface area contributed by atoms with Gasteiger partial charge in [-0.1, -0.05) is 0 Å². The highest BCUT2D eigenvalue weighted by Gasteiger charge is 2.30. The van der Waals surface area contributed by atoms with Gasteiger partial charge in [0.25, 0.3) is 0 Å². The maximum absolute atomic E-state index is 13.6. The summed E-state index contributed by atoms with van der Waals surface area (Å²) in [5.41, 5.74) is 7.21. The summed E-state index contributed by atoms with van der Waals surface area (Å²) in [4.78, 5) is 2.08. The minimum atomic E-state index is -0.636. The Morgan fingerprint density at radius 2 is 2.20 bits per heavy atom. The number of halogens is 3. The van der Waals surface area contributed by atoms with Gasteiger partial charge in [-0.3, -0.25) is 0 Å². The lowest BCUT2D eigenvalue weighted by molar-refractivity contribution is 0.148. The number of ether oxygens (including phenoxy) is 1. The van der Waals surface area contributed by atoms with Gasteiger partial charge in [0.05, 0.1) is 12.7 Å². The molecule has 0 saturated carbocycles. The number of nitrogens with two attached hydrogens (primary N) is 1. The van der Waals surface area contributed by atoms with Crippen LogP contribution >= 0.6 is 12.4 Å². The predicted molar refractivity (Wildman–Crippen MR) is 73.6 cm³/mol. The van der Waals surface area contributed by atoms with Crippen LogP contribution in [0.3, 0.4) is 0 Å². The van der Waals surface area contributed by atoms with Gasteiger partial charge < -0.3 is 20.7 Å². The van der Waals surface area contributed by atoms with Crippen molar-refractivity contribution in [3.63, 3.8) is 0 Å². The van der Waals surface area contributed by atoms with Gasteiger partial charge in [0.2, 0.25) is 0 Å². The Morgan fingerprint density at radius 3 is 2.95 bits per heavy atom. The maximum atomic E-state index is 13.6. The quantitative estimate of drug-likeness (QED) is 0.866. The van der Waals surface area contributed by atoms with E-state index in [1.807, 2.05) is 6.20 Å². The highest BCUT2D eigenvalue weighted by molar-refractivity contribution is 5.85. The first kappa shape index (κ1) is 14.9. The van der Waals surface area contributed by atoms with Crippen LogP contribution < -0.4 is 15.8 Å². The Hall–Kier alpha value is -1.53. The van der Waals surface area contributed by atoms with Gasteiger partial charge in [0.1, 0.15) is 12.4 Å². The van der Waals surface area contributed by atoms with E-state index in [0.717, 1.165) is 11.8 Å². The topological polar surface area (TPSA) is 50.5 Å². The Bertz CT molecular complexity index is 539. The molecule has 110 valence electrons. The number of hydrogen-bond acceptors (Lipinski definition) is 4. The van der Waals surface area contributed by atoms with Crippen LogP contribution in [0.1, 0.15) is 5.56 Å². The SMILES string of the molecule is Cl.NCC1=CNCN1[C@H]1COc2c(F)cc(F)cc2C1. The molecule has 2 aliphatic rings. The zero-order valence-electron chi connectivity index (χ0n) is 10.7. The lowest BCUT2D eigenvalue weighted by atomic mass is 10.0. The van der Waals surface area contributed by atoms with Crippen LogP contribution in [0.25, 0.3) is 0 Å². The number of nitrogens with zero attached hydrogens (tertiary/aromatic N) is 1. The van der Waals surface area contributed by atoms with E-state index in [2.05, 4.69) is 10.2 Å². The Morgan fingerprint density at radius 1 is 1.40 bits per heavy atom. The minimum absolute atomic E-state index is 0. The molecule has 4 nitrogen and oxygen atoms in total. The van der Waals surface area contributed by atoms with E-state index < -0.39 is 11.6 Å². The molecule has 7 heteroatoms. The average molecular weight is 304 g/mol. The first-order chi connectivity index (χ1) is 9.19. The van der Waals surface area contributed by atoms with Gasteiger partial charge >= 0.3 is 0 Å². The zero-order valence-corrected chi connectivity index (χ0v) is 11.6. The molecular weight excluding hydrogens is 288 g/mol. The van der Waals surface area contributed by atoms with Gasteiger partial charge in [0, 0.05) is 30.1 Å². The predicted octanol–water partition coefficient (Wildman–Crippen LogP) is 1.35. The van der Waals surface area contributed by atoms with Crippen molar-refractivity contribution in [1.82, 2.24) is 10.2 Å². The molecule has 0 amide bonds. The number of fused-ring (bicyclic) bond motifs is 1. The molecule has 2 aliphatic heterocycles. The molecule has 0 unspecified atom stereocenters. The Labute approximate surface area is 122 Å². The lowest BCUT2D eigenvalue weighted by Gasteiger charge is -2.34. The zero-order chi connectivity index (χ0) is 13.4. The second-order valence-corrected chi connectivity index (χ2v) is 4.72. The van der Waals surface area contributed by atoms with Crippen molar-refractivity contribution in [1.29, 1.82) is 0 Å². The summed E-state index contributed by atoms with van der Waals surface area (Å²) >= 11 is 0. The smallest absolute Gasteiger partial charge is 0.168 e. The van der Waals surface area contributed by atoms with E-state index in [1.165, 1.54) is 6.07 Å². The third kappa shape index (κ3) is 2.53. The molecule has 0 aliphatic carbocycles. The van der Waals surface area contributed by atoms with E-state index in [9.17, 15) is 8.78 Å². The second kappa shape index (κ2) is 5.85. The molecule has 0 radical (unpaired) electrons. The fourth-order valence-electron chi connectivity index (χ4n) is 2.61. The molecule has 0 fully saturated rings. The van der Waals surface area contributed by atoms with Gasteiger partial charge in [-0.15, -0.1) is 12.4 Å². The first-order valence-corrected chi connectivity index (χ1v) is 6.19. The largest absolute Gasteiger partial charge is 0.488 e. The Balaban J connectivity index is 0.00000147. The normalized spacial score (nSPS) is 20.4. The monoisotopic (exact) mass is 303 g/mol. The Kier molecular flexibility index (Phi) is 4.35. The standard InChI is InChI=1S/C13H15F2N3O.ClH/c14-9-1-8-2-10(6-19-13(8)12(15)3-9)18-7-17-5-11(18)4-16;/h1,3,5,10,17H,2,4,6-7,16H2;1H/t10-;/m1./s1. The fourth-order valence-corrected chi connectivity index (χ4v) is 2.61. The van der Waals surface area contributed by atoms with E-state index in [0.29, 0.717) is 31.8 Å². The summed E-state index contributed by atoms with van der Waals surface area (Å²) < 4.78 is 32.3. The third-order valence-corrected chi connectivity index (χ3v) is 3.51. The number of rotatable bonds is 2. The molecule has 20 heavy (non-hydrogen) atoms. The number of benzene rings is 1. The molecule has 1 aromatic rings.